The number of fused-ring (bicyclic) bond motifs is 1. The normalized spacial score (nSPS) is 23.4. The number of amides is 2. The number of carbonyl (C=O) groups is 2. The topological polar surface area (TPSA) is 58.4 Å². The van der Waals surface area contributed by atoms with Crippen molar-refractivity contribution in [2.75, 3.05) is 19.6 Å². The van der Waals surface area contributed by atoms with Crippen molar-refractivity contribution in [3.05, 3.63) is 30.1 Å². The molecule has 0 unspecified atom stereocenters. The van der Waals surface area contributed by atoms with Crippen LogP contribution in [-0.4, -0.2) is 56.8 Å². The summed E-state index contributed by atoms with van der Waals surface area (Å²) in [6.07, 6.45) is 8.69. The predicted octanol–water partition coefficient (Wildman–Crippen LogP) is 3.31. The van der Waals surface area contributed by atoms with Crippen LogP contribution in [0.1, 0.15) is 63.1 Å². The Kier molecular flexibility index (Phi) is 5.02. The van der Waals surface area contributed by atoms with Gasteiger partial charge >= 0.3 is 0 Å². The molecule has 0 bridgehead atoms. The Morgan fingerprint density at radius 3 is 2.59 bits per heavy atom. The number of benzene rings is 1. The van der Waals surface area contributed by atoms with E-state index in [0.29, 0.717) is 19.0 Å². The monoisotopic (exact) mass is 394 g/mol. The molecule has 0 spiro atoms. The maximum atomic E-state index is 12.9. The SMILES string of the molecule is O=C(Cn1c([C@@H]2CC(=O)N(C3CCCCC3)C2)nc2ccccc21)N1CCCC1. The van der Waals surface area contributed by atoms with E-state index in [1.54, 1.807) is 0 Å². The van der Waals surface area contributed by atoms with E-state index < -0.39 is 0 Å². The van der Waals surface area contributed by atoms with E-state index in [9.17, 15) is 9.59 Å². The molecule has 29 heavy (non-hydrogen) atoms. The highest BCUT2D eigenvalue weighted by Gasteiger charge is 2.38. The molecular weight excluding hydrogens is 364 g/mol. The maximum Gasteiger partial charge on any atom is 0.242 e. The molecule has 154 valence electrons. The molecule has 1 aliphatic carbocycles. The highest BCUT2D eigenvalue weighted by molar-refractivity contribution is 5.83. The second-order valence-corrected chi connectivity index (χ2v) is 8.87. The Morgan fingerprint density at radius 2 is 1.79 bits per heavy atom. The van der Waals surface area contributed by atoms with E-state index in [-0.39, 0.29) is 17.7 Å². The van der Waals surface area contributed by atoms with Crippen LogP contribution in [0.4, 0.5) is 0 Å². The van der Waals surface area contributed by atoms with Crippen molar-refractivity contribution in [3.8, 4) is 0 Å². The summed E-state index contributed by atoms with van der Waals surface area (Å²) in [4.78, 5) is 34.7. The van der Waals surface area contributed by atoms with Crippen molar-refractivity contribution in [2.45, 2.75) is 69.9 Å². The maximum absolute atomic E-state index is 12.9. The molecule has 6 heteroatoms. The fourth-order valence-electron chi connectivity index (χ4n) is 5.42. The van der Waals surface area contributed by atoms with Crippen LogP contribution in [0.15, 0.2) is 24.3 Å². The number of rotatable bonds is 4. The largest absolute Gasteiger partial charge is 0.341 e. The van der Waals surface area contributed by atoms with Crippen molar-refractivity contribution >= 4 is 22.8 Å². The van der Waals surface area contributed by atoms with Gasteiger partial charge in [-0.15, -0.1) is 0 Å². The van der Waals surface area contributed by atoms with Crippen molar-refractivity contribution < 1.29 is 9.59 Å². The molecule has 3 aliphatic rings. The van der Waals surface area contributed by atoms with Crippen LogP contribution in [0, 0.1) is 0 Å². The first-order valence-corrected chi connectivity index (χ1v) is 11.2. The lowest BCUT2D eigenvalue weighted by Crippen LogP contribution is -2.37. The van der Waals surface area contributed by atoms with Gasteiger partial charge in [-0.05, 0) is 37.8 Å². The van der Waals surface area contributed by atoms with E-state index in [1.165, 1.54) is 19.3 Å². The molecule has 2 aromatic rings. The minimum atomic E-state index is 0.0724. The minimum absolute atomic E-state index is 0.0724. The van der Waals surface area contributed by atoms with Gasteiger partial charge in [-0.2, -0.15) is 0 Å². The first kappa shape index (κ1) is 18.6. The van der Waals surface area contributed by atoms with Gasteiger partial charge < -0.3 is 14.4 Å². The molecule has 0 radical (unpaired) electrons. The number of hydrogen-bond donors (Lipinski definition) is 0. The average Bonchev–Trinajstić information content (AvgIpc) is 3.48. The van der Waals surface area contributed by atoms with Crippen LogP contribution in [0.2, 0.25) is 0 Å². The van der Waals surface area contributed by atoms with E-state index in [4.69, 9.17) is 4.98 Å². The molecule has 6 nitrogen and oxygen atoms in total. The Hall–Kier alpha value is -2.37. The second kappa shape index (κ2) is 7.81. The second-order valence-electron chi connectivity index (χ2n) is 8.87. The summed E-state index contributed by atoms with van der Waals surface area (Å²) in [7, 11) is 0. The van der Waals surface area contributed by atoms with E-state index in [2.05, 4.69) is 9.47 Å². The molecule has 1 atom stereocenters. The molecule has 1 saturated carbocycles. The smallest absolute Gasteiger partial charge is 0.242 e. The number of likely N-dealkylation sites (tertiary alicyclic amines) is 2. The van der Waals surface area contributed by atoms with Crippen LogP contribution in [0.5, 0.6) is 0 Å². The highest BCUT2D eigenvalue weighted by Crippen LogP contribution is 2.34. The van der Waals surface area contributed by atoms with Crippen LogP contribution in [0.3, 0.4) is 0 Å². The highest BCUT2D eigenvalue weighted by atomic mass is 16.2. The van der Waals surface area contributed by atoms with Gasteiger partial charge in [-0.25, -0.2) is 4.98 Å². The zero-order chi connectivity index (χ0) is 19.8. The third-order valence-electron chi connectivity index (χ3n) is 6.98. The molecule has 3 heterocycles. The number of aromatic nitrogens is 2. The van der Waals surface area contributed by atoms with Gasteiger partial charge in [0.05, 0.1) is 11.0 Å². The first-order chi connectivity index (χ1) is 14.2. The van der Waals surface area contributed by atoms with Crippen LogP contribution >= 0.6 is 0 Å². The molecule has 2 amide bonds. The molecule has 5 rings (SSSR count). The lowest BCUT2D eigenvalue weighted by Gasteiger charge is -2.31. The zero-order valence-electron chi connectivity index (χ0n) is 17.1. The standard InChI is InChI=1S/C23H30N4O2/c28-21-14-17(15-26(21)18-8-2-1-3-9-18)23-24-19-10-4-5-11-20(19)27(23)16-22(29)25-12-6-7-13-25/h4-5,10-11,17-18H,1-3,6-9,12-16H2/t17-/m1/s1. The van der Waals surface area contributed by atoms with Crippen LogP contribution < -0.4 is 0 Å². The lowest BCUT2D eigenvalue weighted by atomic mass is 9.94. The summed E-state index contributed by atoms with van der Waals surface area (Å²) in [5.74, 6) is 1.40. The third kappa shape index (κ3) is 3.53. The fourth-order valence-corrected chi connectivity index (χ4v) is 5.42. The quantitative estimate of drug-likeness (QED) is 0.799. The van der Waals surface area contributed by atoms with Crippen molar-refractivity contribution in [1.29, 1.82) is 0 Å². The van der Waals surface area contributed by atoms with Gasteiger partial charge in [-0.3, -0.25) is 9.59 Å². The Bertz CT molecular complexity index is 909. The summed E-state index contributed by atoms with van der Waals surface area (Å²) in [5.41, 5.74) is 1.92. The van der Waals surface area contributed by atoms with Gasteiger partial charge in [0.1, 0.15) is 12.4 Å². The van der Waals surface area contributed by atoms with Gasteiger partial charge in [-0.1, -0.05) is 31.4 Å². The van der Waals surface area contributed by atoms with Gasteiger partial charge in [0.15, 0.2) is 0 Å². The van der Waals surface area contributed by atoms with E-state index in [0.717, 1.165) is 62.2 Å². The summed E-state index contributed by atoms with van der Waals surface area (Å²) < 4.78 is 2.08. The van der Waals surface area contributed by atoms with Crippen LogP contribution in [0.25, 0.3) is 11.0 Å². The summed E-state index contributed by atoms with van der Waals surface area (Å²) in [6, 6.07) is 8.42. The number of nitrogens with zero attached hydrogens (tertiary/aromatic N) is 4. The Balaban J connectivity index is 1.43. The Labute approximate surface area is 171 Å². The van der Waals surface area contributed by atoms with E-state index >= 15 is 0 Å². The lowest BCUT2D eigenvalue weighted by molar-refractivity contribution is -0.131. The van der Waals surface area contributed by atoms with Crippen molar-refractivity contribution in [3.63, 3.8) is 0 Å². The molecular formula is C23H30N4O2. The van der Waals surface area contributed by atoms with Crippen LogP contribution in [-0.2, 0) is 16.1 Å². The molecule has 1 aromatic carbocycles. The molecule has 2 saturated heterocycles. The number of imidazole rings is 1. The first-order valence-electron chi connectivity index (χ1n) is 11.2. The Morgan fingerprint density at radius 1 is 1.03 bits per heavy atom. The molecule has 1 aromatic heterocycles. The third-order valence-corrected chi connectivity index (χ3v) is 6.98. The number of hydrogen-bond acceptors (Lipinski definition) is 3. The molecule has 3 fully saturated rings. The fraction of sp³-hybridized carbons (Fsp3) is 0.609. The average molecular weight is 395 g/mol. The van der Waals surface area contributed by atoms with Crippen molar-refractivity contribution in [1.82, 2.24) is 19.4 Å². The predicted molar refractivity (Wildman–Crippen MR) is 111 cm³/mol. The molecule has 2 aliphatic heterocycles. The number of carbonyl (C=O) groups excluding carboxylic acids is 2. The minimum Gasteiger partial charge on any atom is -0.341 e. The summed E-state index contributed by atoms with van der Waals surface area (Å²) in [5, 5.41) is 0. The van der Waals surface area contributed by atoms with Gasteiger partial charge in [0.2, 0.25) is 11.8 Å². The summed E-state index contributed by atoms with van der Waals surface area (Å²) in [6.45, 7) is 2.78. The van der Waals surface area contributed by atoms with Gasteiger partial charge in [0, 0.05) is 38.0 Å². The van der Waals surface area contributed by atoms with Gasteiger partial charge in [0.25, 0.3) is 0 Å². The summed E-state index contributed by atoms with van der Waals surface area (Å²) >= 11 is 0. The number of para-hydroxylation sites is 2. The van der Waals surface area contributed by atoms with Crippen molar-refractivity contribution in [2.24, 2.45) is 0 Å². The van der Waals surface area contributed by atoms with E-state index in [1.807, 2.05) is 29.2 Å². The zero-order valence-corrected chi connectivity index (χ0v) is 17.1. The molecule has 0 N–H and O–H groups in total.